The topological polar surface area (TPSA) is 6.48 Å². The molecule has 0 amide bonds. The Morgan fingerprint density at radius 2 is 1.67 bits per heavy atom. The van der Waals surface area contributed by atoms with Gasteiger partial charge in [-0.25, -0.2) is 0 Å². The van der Waals surface area contributed by atoms with Crippen LogP contribution in [0.1, 0.15) is 27.7 Å². The highest BCUT2D eigenvalue weighted by atomic mass is 15.3. The summed E-state index contributed by atoms with van der Waals surface area (Å²) in [5.74, 6) is 0. The fraction of sp³-hybridized carbons (Fsp3) is 1.00. The Balaban J connectivity index is 2.55. The standard InChI is InChI=1S/C10H22N2/c1-8(2)12-7-9(3)11(5)6-10(12)4/h8-10H,6-7H2,1-5H3. The summed E-state index contributed by atoms with van der Waals surface area (Å²) >= 11 is 0. The first kappa shape index (κ1) is 10.0. The maximum Gasteiger partial charge on any atom is 0.0198 e. The highest BCUT2D eigenvalue weighted by Gasteiger charge is 2.27. The summed E-state index contributed by atoms with van der Waals surface area (Å²) in [6.45, 7) is 11.6. The predicted octanol–water partition coefficient (Wildman–Crippen LogP) is 1.42. The van der Waals surface area contributed by atoms with Gasteiger partial charge in [-0.3, -0.25) is 4.90 Å². The number of hydrogen-bond donors (Lipinski definition) is 0. The second-order valence-corrected chi connectivity index (χ2v) is 4.43. The number of rotatable bonds is 1. The molecule has 2 nitrogen and oxygen atoms in total. The van der Waals surface area contributed by atoms with Crippen molar-refractivity contribution < 1.29 is 0 Å². The monoisotopic (exact) mass is 170 g/mol. The first-order chi connectivity index (χ1) is 5.52. The molecule has 0 aliphatic carbocycles. The third-order valence-electron chi connectivity index (χ3n) is 3.01. The van der Waals surface area contributed by atoms with E-state index in [1.165, 1.54) is 13.1 Å². The molecular formula is C10H22N2. The average Bonchev–Trinajstić information content (AvgIpc) is 1.96. The summed E-state index contributed by atoms with van der Waals surface area (Å²) in [6.07, 6.45) is 0. The predicted molar refractivity (Wildman–Crippen MR) is 53.4 cm³/mol. The molecule has 0 saturated carbocycles. The van der Waals surface area contributed by atoms with Crippen LogP contribution in [0.25, 0.3) is 0 Å². The molecule has 0 aromatic rings. The molecule has 1 rings (SSSR count). The lowest BCUT2D eigenvalue weighted by Gasteiger charge is -2.44. The first-order valence-electron chi connectivity index (χ1n) is 4.98. The smallest absolute Gasteiger partial charge is 0.0198 e. The first-order valence-corrected chi connectivity index (χ1v) is 4.98. The zero-order valence-electron chi connectivity index (χ0n) is 9.04. The zero-order valence-corrected chi connectivity index (χ0v) is 9.04. The van der Waals surface area contributed by atoms with Gasteiger partial charge in [-0.2, -0.15) is 0 Å². The van der Waals surface area contributed by atoms with Crippen LogP contribution < -0.4 is 0 Å². The van der Waals surface area contributed by atoms with Crippen LogP contribution in [0.5, 0.6) is 0 Å². The molecular weight excluding hydrogens is 148 g/mol. The molecule has 2 heteroatoms. The van der Waals surface area contributed by atoms with Gasteiger partial charge in [-0.15, -0.1) is 0 Å². The van der Waals surface area contributed by atoms with Crippen LogP contribution in [0, 0.1) is 0 Å². The van der Waals surface area contributed by atoms with Crippen molar-refractivity contribution in [3.05, 3.63) is 0 Å². The van der Waals surface area contributed by atoms with Gasteiger partial charge in [0.05, 0.1) is 0 Å². The van der Waals surface area contributed by atoms with E-state index in [0.29, 0.717) is 18.1 Å². The van der Waals surface area contributed by atoms with Gasteiger partial charge in [0.1, 0.15) is 0 Å². The van der Waals surface area contributed by atoms with Crippen molar-refractivity contribution in [1.82, 2.24) is 9.80 Å². The molecule has 1 aliphatic rings. The minimum atomic E-state index is 0.691. The lowest BCUT2D eigenvalue weighted by atomic mass is 10.1. The molecule has 0 aromatic heterocycles. The Labute approximate surface area is 76.5 Å². The van der Waals surface area contributed by atoms with Crippen molar-refractivity contribution in [2.75, 3.05) is 20.1 Å². The molecule has 0 aromatic carbocycles. The molecule has 12 heavy (non-hydrogen) atoms. The summed E-state index contributed by atoms with van der Waals surface area (Å²) in [6, 6.07) is 2.12. The van der Waals surface area contributed by atoms with Crippen molar-refractivity contribution in [2.24, 2.45) is 0 Å². The van der Waals surface area contributed by atoms with Gasteiger partial charge in [0, 0.05) is 31.2 Å². The highest BCUT2D eigenvalue weighted by Crippen LogP contribution is 2.15. The van der Waals surface area contributed by atoms with Gasteiger partial charge in [0.15, 0.2) is 0 Å². The summed E-state index contributed by atoms with van der Waals surface area (Å²) in [5.41, 5.74) is 0. The van der Waals surface area contributed by atoms with E-state index >= 15 is 0 Å². The van der Waals surface area contributed by atoms with Crippen molar-refractivity contribution in [1.29, 1.82) is 0 Å². The maximum absolute atomic E-state index is 2.59. The summed E-state index contributed by atoms with van der Waals surface area (Å²) in [7, 11) is 2.22. The molecule has 0 bridgehead atoms. The van der Waals surface area contributed by atoms with E-state index in [1.807, 2.05) is 0 Å². The van der Waals surface area contributed by atoms with E-state index in [9.17, 15) is 0 Å². The Morgan fingerprint density at radius 1 is 1.08 bits per heavy atom. The number of likely N-dealkylation sites (N-methyl/N-ethyl adjacent to an activating group) is 1. The lowest BCUT2D eigenvalue weighted by molar-refractivity contribution is 0.0387. The average molecular weight is 170 g/mol. The van der Waals surface area contributed by atoms with Crippen LogP contribution in [-0.4, -0.2) is 48.1 Å². The molecule has 0 N–H and O–H groups in total. The van der Waals surface area contributed by atoms with Crippen molar-refractivity contribution in [3.8, 4) is 0 Å². The van der Waals surface area contributed by atoms with Gasteiger partial charge in [0.2, 0.25) is 0 Å². The fourth-order valence-electron chi connectivity index (χ4n) is 2.05. The van der Waals surface area contributed by atoms with Crippen LogP contribution >= 0.6 is 0 Å². The summed E-state index contributed by atoms with van der Waals surface area (Å²) in [5, 5.41) is 0. The molecule has 1 aliphatic heterocycles. The van der Waals surface area contributed by atoms with Crippen LogP contribution in [0.3, 0.4) is 0 Å². The maximum atomic E-state index is 2.59. The van der Waals surface area contributed by atoms with Gasteiger partial charge in [-0.1, -0.05) is 0 Å². The Kier molecular flexibility index (Phi) is 3.13. The Hall–Kier alpha value is -0.0800. The van der Waals surface area contributed by atoms with Crippen LogP contribution in [0.4, 0.5) is 0 Å². The number of hydrogen-bond acceptors (Lipinski definition) is 2. The molecule has 1 saturated heterocycles. The Bertz CT molecular complexity index is 145. The molecule has 1 fully saturated rings. The lowest BCUT2D eigenvalue weighted by Crippen LogP contribution is -2.56. The van der Waals surface area contributed by atoms with Gasteiger partial charge >= 0.3 is 0 Å². The number of nitrogens with zero attached hydrogens (tertiary/aromatic N) is 2. The minimum absolute atomic E-state index is 0.691. The van der Waals surface area contributed by atoms with E-state index in [-0.39, 0.29) is 0 Å². The van der Waals surface area contributed by atoms with Crippen molar-refractivity contribution in [2.45, 2.75) is 45.8 Å². The molecule has 0 radical (unpaired) electrons. The number of piperazine rings is 1. The van der Waals surface area contributed by atoms with Crippen molar-refractivity contribution in [3.63, 3.8) is 0 Å². The minimum Gasteiger partial charge on any atom is -0.301 e. The van der Waals surface area contributed by atoms with Crippen LogP contribution in [-0.2, 0) is 0 Å². The van der Waals surface area contributed by atoms with Gasteiger partial charge < -0.3 is 4.90 Å². The normalized spacial score (nSPS) is 34.5. The fourth-order valence-corrected chi connectivity index (χ4v) is 2.05. The van der Waals surface area contributed by atoms with Gasteiger partial charge in [-0.05, 0) is 34.7 Å². The van der Waals surface area contributed by atoms with Crippen LogP contribution in [0.2, 0.25) is 0 Å². The van der Waals surface area contributed by atoms with Gasteiger partial charge in [0.25, 0.3) is 0 Å². The van der Waals surface area contributed by atoms with Crippen molar-refractivity contribution >= 4 is 0 Å². The zero-order chi connectivity index (χ0) is 9.30. The van der Waals surface area contributed by atoms with Crippen LogP contribution in [0.15, 0.2) is 0 Å². The third-order valence-corrected chi connectivity index (χ3v) is 3.01. The highest BCUT2D eigenvalue weighted by molar-refractivity contribution is 4.84. The van der Waals surface area contributed by atoms with E-state index in [4.69, 9.17) is 0 Å². The molecule has 72 valence electrons. The second kappa shape index (κ2) is 3.75. The molecule has 2 unspecified atom stereocenters. The summed E-state index contributed by atoms with van der Waals surface area (Å²) < 4.78 is 0. The third kappa shape index (κ3) is 1.99. The SMILES string of the molecule is CC1CN(C(C)C)C(C)CN1C. The molecule has 0 spiro atoms. The Morgan fingerprint density at radius 3 is 2.17 bits per heavy atom. The van der Waals surface area contributed by atoms with E-state index in [1.54, 1.807) is 0 Å². The molecule has 1 heterocycles. The molecule has 2 atom stereocenters. The van der Waals surface area contributed by atoms with E-state index in [2.05, 4.69) is 44.5 Å². The van der Waals surface area contributed by atoms with E-state index < -0.39 is 0 Å². The van der Waals surface area contributed by atoms with E-state index in [0.717, 1.165) is 0 Å². The second-order valence-electron chi connectivity index (χ2n) is 4.43. The summed E-state index contributed by atoms with van der Waals surface area (Å²) in [4.78, 5) is 5.04. The quantitative estimate of drug-likeness (QED) is 0.587. The largest absolute Gasteiger partial charge is 0.301 e.